The highest BCUT2D eigenvalue weighted by molar-refractivity contribution is 5.31. The molecule has 0 radical (unpaired) electrons. The lowest BCUT2D eigenvalue weighted by molar-refractivity contribution is -0.0563. The molecule has 0 aliphatic rings. The van der Waals surface area contributed by atoms with Gasteiger partial charge in [-0.25, -0.2) is 0 Å². The van der Waals surface area contributed by atoms with Crippen molar-refractivity contribution in [2.75, 3.05) is 6.61 Å². The maximum Gasteiger partial charge on any atom is 0.296 e. The van der Waals surface area contributed by atoms with Crippen LogP contribution in [-0.4, -0.2) is 11.7 Å². The van der Waals surface area contributed by atoms with Gasteiger partial charge in [0.25, 0.3) is 5.92 Å². The average Bonchev–Trinajstić information content (AvgIpc) is 2.19. The molecule has 1 aromatic carbocycles. The van der Waals surface area contributed by atoms with Crippen LogP contribution in [0.15, 0.2) is 24.3 Å². The van der Waals surface area contributed by atoms with Crippen molar-refractivity contribution < 1.29 is 13.9 Å². The van der Waals surface area contributed by atoms with Crippen LogP contribution < -0.4 is 0 Å². The molecule has 0 aliphatic heterocycles. The van der Waals surface area contributed by atoms with Crippen molar-refractivity contribution in [1.82, 2.24) is 0 Å². The van der Waals surface area contributed by atoms with Gasteiger partial charge in [0.2, 0.25) is 0 Å². The zero-order chi connectivity index (χ0) is 10.6. The lowest BCUT2D eigenvalue weighted by Gasteiger charge is -2.17. The summed E-state index contributed by atoms with van der Waals surface area (Å²) in [5.41, 5.74) is 0.568. The van der Waals surface area contributed by atoms with E-state index in [2.05, 4.69) is 0 Å². The number of alkyl halides is 2. The van der Waals surface area contributed by atoms with Crippen molar-refractivity contribution in [3.63, 3.8) is 0 Å². The summed E-state index contributed by atoms with van der Waals surface area (Å²) in [6.07, 6.45) is 1.43. The number of halogens is 2. The fourth-order valence-corrected chi connectivity index (χ4v) is 1.45. The zero-order valence-corrected chi connectivity index (χ0v) is 8.13. The van der Waals surface area contributed by atoms with Gasteiger partial charge in [0.05, 0.1) is 0 Å². The van der Waals surface area contributed by atoms with Gasteiger partial charge >= 0.3 is 0 Å². The van der Waals surface area contributed by atoms with Gasteiger partial charge in [-0.3, -0.25) is 0 Å². The fraction of sp³-hybridized carbons (Fsp3) is 0.455. The van der Waals surface area contributed by atoms with Gasteiger partial charge in [-0.05, 0) is 12.0 Å². The normalized spacial score (nSPS) is 11.7. The van der Waals surface area contributed by atoms with Crippen LogP contribution in [0.3, 0.4) is 0 Å². The Labute approximate surface area is 82.4 Å². The molecule has 1 N–H and O–H groups in total. The number of aliphatic hydroxyl groups excluding tert-OH is 1. The first-order chi connectivity index (χ1) is 6.61. The van der Waals surface area contributed by atoms with Gasteiger partial charge in [0.1, 0.15) is 6.61 Å². The molecule has 1 aromatic rings. The minimum absolute atomic E-state index is 0.0515. The summed E-state index contributed by atoms with van der Waals surface area (Å²) in [5.74, 6) is -3.12. The van der Waals surface area contributed by atoms with Crippen molar-refractivity contribution >= 4 is 0 Å². The van der Waals surface area contributed by atoms with Crippen LogP contribution in [0.1, 0.15) is 24.5 Å². The summed E-state index contributed by atoms with van der Waals surface area (Å²) in [7, 11) is 0. The van der Waals surface area contributed by atoms with Crippen molar-refractivity contribution in [2.24, 2.45) is 0 Å². The third-order valence-electron chi connectivity index (χ3n) is 2.13. The summed E-state index contributed by atoms with van der Waals surface area (Å²) >= 11 is 0. The molecular formula is C11H14F2O. The molecule has 0 unspecified atom stereocenters. The van der Waals surface area contributed by atoms with E-state index < -0.39 is 12.5 Å². The number of aliphatic hydroxyl groups is 1. The molecule has 0 fully saturated rings. The molecule has 0 aromatic heterocycles. The smallest absolute Gasteiger partial charge is 0.296 e. The Morgan fingerprint density at radius 3 is 2.50 bits per heavy atom. The van der Waals surface area contributed by atoms with E-state index in [9.17, 15) is 8.78 Å². The van der Waals surface area contributed by atoms with E-state index in [1.54, 1.807) is 18.2 Å². The Kier molecular flexibility index (Phi) is 3.58. The van der Waals surface area contributed by atoms with Crippen molar-refractivity contribution in [1.29, 1.82) is 0 Å². The SMILES string of the molecule is CCCc1ccccc1C(F)(F)CO. The third kappa shape index (κ3) is 2.29. The van der Waals surface area contributed by atoms with Crippen LogP contribution in [0.2, 0.25) is 0 Å². The predicted octanol–water partition coefficient (Wildman–Crippen LogP) is 2.72. The quantitative estimate of drug-likeness (QED) is 0.792. The van der Waals surface area contributed by atoms with E-state index >= 15 is 0 Å². The number of benzene rings is 1. The Morgan fingerprint density at radius 1 is 1.29 bits per heavy atom. The number of rotatable bonds is 4. The molecule has 0 atom stereocenters. The standard InChI is InChI=1S/C11H14F2O/c1-2-5-9-6-3-4-7-10(9)11(12,13)8-14/h3-4,6-7,14H,2,5,8H2,1H3. The van der Waals surface area contributed by atoms with E-state index in [4.69, 9.17) is 5.11 Å². The molecule has 3 heteroatoms. The molecule has 0 saturated heterocycles. The van der Waals surface area contributed by atoms with E-state index in [1.165, 1.54) is 6.07 Å². The fourth-order valence-electron chi connectivity index (χ4n) is 1.45. The first-order valence-electron chi connectivity index (χ1n) is 4.69. The van der Waals surface area contributed by atoms with Crippen LogP contribution in [0, 0.1) is 0 Å². The van der Waals surface area contributed by atoms with Crippen molar-refractivity contribution in [2.45, 2.75) is 25.7 Å². The van der Waals surface area contributed by atoms with Crippen LogP contribution >= 0.6 is 0 Å². The van der Waals surface area contributed by atoms with E-state index in [0.717, 1.165) is 6.42 Å². The summed E-state index contributed by atoms with van der Waals surface area (Å²) in [5, 5.41) is 8.59. The summed E-state index contributed by atoms with van der Waals surface area (Å²) in [4.78, 5) is 0. The highest BCUT2D eigenvalue weighted by atomic mass is 19.3. The number of aryl methyl sites for hydroxylation is 1. The lowest BCUT2D eigenvalue weighted by Crippen LogP contribution is -2.20. The lowest BCUT2D eigenvalue weighted by atomic mass is 9.99. The van der Waals surface area contributed by atoms with Gasteiger partial charge in [0, 0.05) is 5.56 Å². The molecule has 78 valence electrons. The van der Waals surface area contributed by atoms with Crippen LogP contribution in [-0.2, 0) is 12.3 Å². The van der Waals surface area contributed by atoms with E-state index in [-0.39, 0.29) is 5.56 Å². The minimum atomic E-state index is -3.12. The summed E-state index contributed by atoms with van der Waals surface area (Å²) in [6.45, 7) is 0.807. The first kappa shape index (κ1) is 11.1. The Bertz CT molecular complexity index is 297. The number of hydrogen-bond donors (Lipinski definition) is 1. The van der Waals surface area contributed by atoms with Gasteiger partial charge in [-0.15, -0.1) is 0 Å². The second-order valence-corrected chi connectivity index (χ2v) is 3.27. The van der Waals surface area contributed by atoms with Gasteiger partial charge in [-0.2, -0.15) is 8.78 Å². The second kappa shape index (κ2) is 4.51. The molecular weight excluding hydrogens is 186 g/mol. The molecule has 1 rings (SSSR count). The Morgan fingerprint density at radius 2 is 1.93 bits per heavy atom. The summed E-state index contributed by atoms with van der Waals surface area (Å²) < 4.78 is 26.4. The number of hydrogen-bond acceptors (Lipinski definition) is 1. The molecule has 0 bridgehead atoms. The molecule has 0 amide bonds. The van der Waals surface area contributed by atoms with Crippen LogP contribution in [0.25, 0.3) is 0 Å². The van der Waals surface area contributed by atoms with Crippen molar-refractivity contribution in [3.8, 4) is 0 Å². The highest BCUT2D eigenvalue weighted by Gasteiger charge is 2.32. The van der Waals surface area contributed by atoms with Crippen molar-refractivity contribution in [3.05, 3.63) is 35.4 Å². The maximum absolute atomic E-state index is 13.2. The van der Waals surface area contributed by atoms with Crippen LogP contribution in [0.4, 0.5) is 8.78 Å². The first-order valence-corrected chi connectivity index (χ1v) is 4.69. The summed E-state index contributed by atoms with van der Waals surface area (Å²) in [6, 6.07) is 6.36. The monoisotopic (exact) mass is 200 g/mol. The molecule has 0 heterocycles. The minimum Gasteiger partial charge on any atom is -0.390 e. The van der Waals surface area contributed by atoms with Gasteiger partial charge in [0.15, 0.2) is 0 Å². The van der Waals surface area contributed by atoms with Gasteiger partial charge in [-0.1, -0.05) is 37.6 Å². The maximum atomic E-state index is 13.2. The van der Waals surface area contributed by atoms with E-state index in [1.807, 2.05) is 6.92 Å². The van der Waals surface area contributed by atoms with Gasteiger partial charge < -0.3 is 5.11 Å². The Hall–Kier alpha value is -0.960. The molecule has 0 saturated carbocycles. The topological polar surface area (TPSA) is 20.2 Å². The van der Waals surface area contributed by atoms with Crippen LogP contribution in [0.5, 0.6) is 0 Å². The molecule has 0 spiro atoms. The second-order valence-electron chi connectivity index (χ2n) is 3.27. The van der Waals surface area contributed by atoms with E-state index in [0.29, 0.717) is 12.0 Å². The largest absolute Gasteiger partial charge is 0.390 e. The zero-order valence-electron chi connectivity index (χ0n) is 8.13. The molecule has 1 nitrogen and oxygen atoms in total. The average molecular weight is 200 g/mol. The predicted molar refractivity (Wildman–Crippen MR) is 51.4 cm³/mol. The third-order valence-corrected chi connectivity index (χ3v) is 2.13. The Balaban J connectivity index is 3.06. The highest BCUT2D eigenvalue weighted by Crippen LogP contribution is 2.30. The molecule has 14 heavy (non-hydrogen) atoms. The molecule has 0 aliphatic carbocycles.